The van der Waals surface area contributed by atoms with Crippen LogP contribution >= 0.6 is 11.8 Å². The van der Waals surface area contributed by atoms with Crippen LogP contribution < -0.4 is 10.6 Å². The van der Waals surface area contributed by atoms with Crippen LogP contribution in [0.3, 0.4) is 0 Å². The number of fused-ring (bicyclic) bond motifs is 2. The molecule has 35 heavy (non-hydrogen) atoms. The summed E-state index contributed by atoms with van der Waals surface area (Å²) in [6, 6.07) is 10.2. The molecule has 1 saturated heterocycles. The van der Waals surface area contributed by atoms with Gasteiger partial charge in [-0.2, -0.15) is 5.26 Å². The van der Waals surface area contributed by atoms with Crippen molar-refractivity contribution in [2.45, 2.75) is 63.3 Å². The summed E-state index contributed by atoms with van der Waals surface area (Å²) in [7, 11) is 0. The summed E-state index contributed by atoms with van der Waals surface area (Å²) in [6.07, 6.45) is 6.17. The summed E-state index contributed by atoms with van der Waals surface area (Å²) in [5.74, 6) is 1.38. The van der Waals surface area contributed by atoms with Gasteiger partial charge in [-0.1, -0.05) is 23.9 Å². The van der Waals surface area contributed by atoms with Gasteiger partial charge in [0.15, 0.2) is 5.16 Å². The number of thioether (sulfide) groups is 1. The van der Waals surface area contributed by atoms with Crippen LogP contribution in [0.2, 0.25) is 0 Å². The SMILES string of the molecule is CCNc1nc(SCC(=O)Nc2c(C#N)c3c(n2C[C@@H]2CCCO2)CCCC3)nc2ccccc12. The molecule has 3 aromatic rings. The van der Waals surface area contributed by atoms with Crippen LogP contribution in [0.25, 0.3) is 10.9 Å². The summed E-state index contributed by atoms with van der Waals surface area (Å²) in [5, 5.41) is 17.8. The summed E-state index contributed by atoms with van der Waals surface area (Å²) < 4.78 is 8.02. The average Bonchev–Trinajstić information content (AvgIpc) is 3.49. The van der Waals surface area contributed by atoms with Crippen LogP contribution in [0.15, 0.2) is 29.4 Å². The Balaban J connectivity index is 1.36. The maximum absolute atomic E-state index is 13.1. The molecule has 1 aliphatic heterocycles. The van der Waals surface area contributed by atoms with Gasteiger partial charge in [-0.05, 0) is 63.1 Å². The number of benzene rings is 1. The van der Waals surface area contributed by atoms with E-state index in [4.69, 9.17) is 4.74 Å². The highest BCUT2D eigenvalue weighted by molar-refractivity contribution is 7.99. The van der Waals surface area contributed by atoms with Crippen molar-refractivity contribution in [1.29, 1.82) is 5.26 Å². The summed E-state index contributed by atoms with van der Waals surface area (Å²) in [5.41, 5.74) is 3.71. The number of carbonyl (C=O) groups excluding carboxylic acids is 1. The fourth-order valence-corrected chi connectivity index (χ4v) is 5.68. The third-order valence-electron chi connectivity index (χ3n) is 6.61. The number of amides is 1. The molecule has 2 aliphatic rings. The lowest BCUT2D eigenvalue weighted by Crippen LogP contribution is -2.23. The van der Waals surface area contributed by atoms with Crippen LogP contribution in [-0.2, 0) is 28.9 Å². The van der Waals surface area contributed by atoms with Crippen LogP contribution in [0, 0.1) is 11.3 Å². The molecule has 8 nitrogen and oxygen atoms in total. The molecule has 1 atom stereocenters. The second-order valence-electron chi connectivity index (χ2n) is 8.95. The van der Waals surface area contributed by atoms with E-state index in [0.717, 1.165) is 74.0 Å². The van der Waals surface area contributed by atoms with E-state index in [1.807, 2.05) is 31.2 Å². The highest BCUT2D eigenvalue weighted by atomic mass is 32.2. The zero-order valence-corrected chi connectivity index (χ0v) is 20.8. The number of hydrogen-bond acceptors (Lipinski definition) is 7. The maximum atomic E-state index is 13.1. The van der Waals surface area contributed by atoms with Gasteiger partial charge in [0, 0.05) is 24.2 Å². The molecule has 0 unspecified atom stereocenters. The van der Waals surface area contributed by atoms with Gasteiger partial charge in [-0.3, -0.25) is 4.79 Å². The van der Waals surface area contributed by atoms with Crippen molar-refractivity contribution in [3.8, 4) is 6.07 Å². The first-order chi connectivity index (χ1) is 17.2. The molecule has 2 N–H and O–H groups in total. The zero-order valence-electron chi connectivity index (χ0n) is 20.0. The highest BCUT2D eigenvalue weighted by Gasteiger charge is 2.28. The van der Waals surface area contributed by atoms with Crippen LogP contribution in [0.4, 0.5) is 11.6 Å². The van der Waals surface area contributed by atoms with E-state index >= 15 is 0 Å². The third-order valence-corrected chi connectivity index (χ3v) is 7.46. The lowest BCUT2D eigenvalue weighted by Gasteiger charge is -2.19. The van der Waals surface area contributed by atoms with Crippen molar-refractivity contribution in [3.05, 3.63) is 41.1 Å². The average molecular weight is 491 g/mol. The van der Waals surface area contributed by atoms with Gasteiger partial charge >= 0.3 is 0 Å². The Morgan fingerprint density at radius 1 is 1.26 bits per heavy atom. The van der Waals surface area contributed by atoms with E-state index in [-0.39, 0.29) is 17.8 Å². The van der Waals surface area contributed by atoms with E-state index < -0.39 is 0 Å². The molecule has 3 heterocycles. The Kier molecular flexibility index (Phi) is 7.21. The second kappa shape index (κ2) is 10.7. The molecule has 0 saturated carbocycles. The van der Waals surface area contributed by atoms with E-state index in [2.05, 4.69) is 31.2 Å². The standard InChI is InChI=1S/C26H30N6O2S/c1-2-28-24-19-10-3-5-11-21(19)29-26(31-24)35-16-23(33)30-25-20(14-27)18-9-4-6-12-22(18)32(25)15-17-8-7-13-34-17/h3,5,10-11,17H,2,4,6-9,12-13,15-16H2,1H3,(H,30,33)(H,28,29,31)/t17-/m0/s1. The van der Waals surface area contributed by atoms with Crippen molar-refractivity contribution in [3.63, 3.8) is 0 Å². The third kappa shape index (κ3) is 5.00. The summed E-state index contributed by atoms with van der Waals surface area (Å²) >= 11 is 1.30. The number of anilines is 2. The van der Waals surface area contributed by atoms with Crippen molar-refractivity contribution >= 4 is 40.2 Å². The normalized spacial score (nSPS) is 17.2. The molecule has 0 spiro atoms. The second-order valence-corrected chi connectivity index (χ2v) is 9.90. The molecule has 182 valence electrons. The number of hydrogen-bond donors (Lipinski definition) is 2. The minimum Gasteiger partial charge on any atom is -0.376 e. The molecule has 1 aliphatic carbocycles. The first-order valence-electron chi connectivity index (χ1n) is 12.4. The molecule has 1 fully saturated rings. The topological polar surface area (TPSA) is 105 Å². The Bertz CT molecular complexity index is 1280. The molecular weight excluding hydrogens is 460 g/mol. The van der Waals surface area contributed by atoms with Crippen LogP contribution in [-0.4, -0.2) is 45.5 Å². The number of nitrogens with zero attached hydrogens (tertiary/aromatic N) is 4. The molecular formula is C26H30N6O2S. The first kappa shape index (κ1) is 23.6. The Hall–Kier alpha value is -3.09. The molecule has 5 rings (SSSR count). The number of nitriles is 1. The fourth-order valence-electron chi connectivity index (χ4n) is 5.03. The Morgan fingerprint density at radius 2 is 2.11 bits per heavy atom. The maximum Gasteiger partial charge on any atom is 0.235 e. The van der Waals surface area contributed by atoms with E-state index in [1.165, 1.54) is 17.5 Å². The highest BCUT2D eigenvalue weighted by Crippen LogP contribution is 2.34. The van der Waals surface area contributed by atoms with E-state index in [1.54, 1.807) is 0 Å². The number of nitrogens with one attached hydrogen (secondary N) is 2. The summed E-state index contributed by atoms with van der Waals surface area (Å²) in [4.78, 5) is 22.3. The first-order valence-corrected chi connectivity index (χ1v) is 13.4. The number of ether oxygens (including phenoxy) is 1. The number of rotatable bonds is 8. The lowest BCUT2D eigenvalue weighted by atomic mass is 9.95. The lowest BCUT2D eigenvalue weighted by molar-refractivity contribution is -0.113. The Morgan fingerprint density at radius 3 is 2.91 bits per heavy atom. The molecule has 0 radical (unpaired) electrons. The zero-order chi connectivity index (χ0) is 24.2. The van der Waals surface area contributed by atoms with Gasteiger partial charge in [0.2, 0.25) is 5.91 Å². The van der Waals surface area contributed by atoms with E-state index in [9.17, 15) is 10.1 Å². The predicted molar refractivity (Wildman–Crippen MR) is 138 cm³/mol. The number of carbonyl (C=O) groups is 1. The predicted octanol–water partition coefficient (Wildman–Crippen LogP) is 4.52. The largest absolute Gasteiger partial charge is 0.376 e. The van der Waals surface area contributed by atoms with Crippen molar-refractivity contribution in [1.82, 2.24) is 14.5 Å². The smallest absolute Gasteiger partial charge is 0.235 e. The van der Waals surface area contributed by atoms with Gasteiger partial charge in [0.1, 0.15) is 17.7 Å². The van der Waals surface area contributed by atoms with Crippen LogP contribution in [0.5, 0.6) is 0 Å². The molecule has 0 bridgehead atoms. The van der Waals surface area contributed by atoms with Crippen molar-refractivity contribution < 1.29 is 9.53 Å². The molecule has 2 aromatic heterocycles. The fraction of sp³-hybridized carbons (Fsp3) is 0.462. The number of para-hydroxylation sites is 1. The van der Waals surface area contributed by atoms with Gasteiger partial charge < -0.3 is 19.9 Å². The monoisotopic (exact) mass is 490 g/mol. The quantitative estimate of drug-likeness (QED) is 0.353. The molecule has 1 aromatic carbocycles. The molecule has 9 heteroatoms. The van der Waals surface area contributed by atoms with Crippen LogP contribution in [0.1, 0.15) is 49.4 Å². The van der Waals surface area contributed by atoms with Gasteiger partial charge in [-0.15, -0.1) is 0 Å². The van der Waals surface area contributed by atoms with Crippen molar-refractivity contribution in [2.75, 3.05) is 29.5 Å². The minimum atomic E-state index is -0.170. The number of aromatic nitrogens is 3. The Labute approximate surface area is 209 Å². The minimum absolute atomic E-state index is 0.125. The van der Waals surface area contributed by atoms with Gasteiger partial charge in [0.05, 0.1) is 29.5 Å². The molecule has 1 amide bonds. The van der Waals surface area contributed by atoms with Gasteiger partial charge in [0.25, 0.3) is 0 Å². The van der Waals surface area contributed by atoms with E-state index in [0.29, 0.717) is 23.1 Å². The summed E-state index contributed by atoms with van der Waals surface area (Å²) in [6.45, 7) is 4.22. The van der Waals surface area contributed by atoms with Gasteiger partial charge in [-0.25, -0.2) is 9.97 Å². The van der Waals surface area contributed by atoms with Crippen molar-refractivity contribution in [2.24, 2.45) is 0 Å².